The molecule has 1 fully saturated rings. The number of halogens is 2. The number of amides is 1. The lowest BCUT2D eigenvalue weighted by atomic mass is 10.1. The maximum absolute atomic E-state index is 11.8. The first-order valence-corrected chi connectivity index (χ1v) is 7.17. The van der Waals surface area contributed by atoms with Crippen LogP contribution in [-0.2, 0) is 4.79 Å². The normalized spacial score (nSPS) is 26.9. The number of thiophene rings is 1. The Morgan fingerprint density at radius 1 is 1.69 bits per heavy atom. The molecule has 0 radical (unpaired) electrons. The fourth-order valence-electron chi connectivity index (χ4n) is 1.29. The highest BCUT2D eigenvalue weighted by atomic mass is 79.9. The van der Waals surface area contributed by atoms with Crippen molar-refractivity contribution in [2.45, 2.75) is 16.6 Å². The van der Waals surface area contributed by atoms with Gasteiger partial charge in [0.1, 0.15) is 0 Å². The van der Waals surface area contributed by atoms with E-state index < -0.39 is 5.41 Å². The molecule has 0 saturated heterocycles. The molecule has 86 valence electrons. The topological polar surface area (TPSA) is 41.5 Å². The van der Waals surface area contributed by atoms with Gasteiger partial charge in [-0.05, 0) is 24.8 Å². The summed E-state index contributed by atoms with van der Waals surface area (Å²) in [6.45, 7) is 1.90. The van der Waals surface area contributed by atoms with Crippen molar-refractivity contribution in [3.8, 4) is 0 Å². The molecule has 1 saturated carbocycles. The fraction of sp³-hybridized carbons (Fsp3) is 0.400. The van der Waals surface area contributed by atoms with Crippen LogP contribution in [0.5, 0.6) is 0 Å². The number of alkyl halides is 2. The number of rotatable bonds is 3. The van der Waals surface area contributed by atoms with E-state index in [0.717, 1.165) is 11.3 Å². The Bertz CT molecular complexity index is 430. The lowest BCUT2D eigenvalue weighted by molar-refractivity contribution is -0.125. The van der Waals surface area contributed by atoms with Gasteiger partial charge in [0.25, 0.3) is 0 Å². The van der Waals surface area contributed by atoms with Gasteiger partial charge < -0.3 is 0 Å². The maximum atomic E-state index is 11.8. The summed E-state index contributed by atoms with van der Waals surface area (Å²) in [7, 11) is 0. The van der Waals surface area contributed by atoms with E-state index in [9.17, 15) is 4.79 Å². The van der Waals surface area contributed by atoms with Gasteiger partial charge in [0, 0.05) is 4.88 Å². The SMILES string of the molecule is C[C@@]1(C(=O)N/N=C\c2cccs2)CC1(Br)Br. The first-order valence-electron chi connectivity index (χ1n) is 4.70. The highest BCUT2D eigenvalue weighted by Gasteiger charge is 2.66. The molecule has 0 spiro atoms. The number of hydrogen-bond donors (Lipinski definition) is 1. The molecule has 1 aromatic rings. The highest BCUT2D eigenvalue weighted by Crippen LogP contribution is 2.66. The molecular formula is C10H10Br2N2OS. The van der Waals surface area contributed by atoms with Crippen molar-refractivity contribution >= 4 is 55.3 Å². The molecule has 6 heteroatoms. The average Bonchev–Trinajstić information content (AvgIpc) is 2.64. The second-order valence-electron chi connectivity index (χ2n) is 3.93. The summed E-state index contributed by atoms with van der Waals surface area (Å²) in [5.41, 5.74) is 2.14. The van der Waals surface area contributed by atoms with Crippen LogP contribution in [0.15, 0.2) is 22.6 Å². The van der Waals surface area contributed by atoms with E-state index >= 15 is 0 Å². The minimum Gasteiger partial charge on any atom is -0.272 e. The van der Waals surface area contributed by atoms with Gasteiger partial charge in [0.05, 0.1) is 14.9 Å². The van der Waals surface area contributed by atoms with Crippen LogP contribution >= 0.6 is 43.2 Å². The summed E-state index contributed by atoms with van der Waals surface area (Å²) < 4.78 is -0.268. The second kappa shape index (κ2) is 4.23. The van der Waals surface area contributed by atoms with Crippen molar-refractivity contribution in [3.63, 3.8) is 0 Å². The molecule has 0 unspecified atom stereocenters. The highest BCUT2D eigenvalue weighted by molar-refractivity contribution is 9.25. The zero-order valence-corrected chi connectivity index (χ0v) is 12.5. The first kappa shape index (κ1) is 12.3. The molecule has 1 aromatic heterocycles. The Morgan fingerprint density at radius 3 is 2.88 bits per heavy atom. The number of carbonyl (C=O) groups excluding carboxylic acids is 1. The third-order valence-electron chi connectivity index (χ3n) is 2.66. The van der Waals surface area contributed by atoms with Gasteiger partial charge in [-0.1, -0.05) is 37.9 Å². The van der Waals surface area contributed by atoms with E-state index in [1.807, 2.05) is 24.4 Å². The molecule has 1 amide bonds. The molecular weight excluding hydrogens is 356 g/mol. The standard InChI is InChI=1S/C10H10Br2N2OS/c1-9(6-10(9,11)12)8(15)14-13-5-7-3-2-4-16-7/h2-5H,6H2,1H3,(H,14,15)/b13-5-/t9-/m0/s1. The number of nitrogens with one attached hydrogen (secondary N) is 1. The minimum atomic E-state index is -0.417. The summed E-state index contributed by atoms with van der Waals surface area (Å²) in [4.78, 5) is 12.8. The molecule has 3 nitrogen and oxygen atoms in total. The van der Waals surface area contributed by atoms with Gasteiger partial charge in [0.15, 0.2) is 0 Å². The summed E-state index contributed by atoms with van der Waals surface area (Å²) in [5.74, 6) is -0.0749. The summed E-state index contributed by atoms with van der Waals surface area (Å²) in [5, 5.41) is 5.90. The summed E-state index contributed by atoms with van der Waals surface area (Å²) in [6, 6.07) is 3.89. The maximum Gasteiger partial charge on any atom is 0.248 e. The van der Waals surface area contributed by atoms with E-state index in [1.54, 1.807) is 17.6 Å². The van der Waals surface area contributed by atoms with Crippen molar-refractivity contribution in [1.82, 2.24) is 5.43 Å². The molecule has 0 bridgehead atoms. The average molecular weight is 366 g/mol. The Hall–Kier alpha value is -0.200. The van der Waals surface area contributed by atoms with Gasteiger partial charge in [-0.25, -0.2) is 5.43 Å². The molecule has 1 aliphatic rings. The van der Waals surface area contributed by atoms with Crippen LogP contribution in [0.4, 0.5) is 0 Å². The number of carbonyl (C=O) groups is 1. The molecule has 1 atom stereocenters. The van der Waals surface area contributed by atoms with Gasteiger partial charge in [-0.3, -0.25) is 4.79 Å². The summed E-state index contributed by atoms with van der Waals surface area (Å²) >= 11 is 8.47. The lowest BCUT2D eigenvalue weighted by Crippen LogP contribution is -2.29. The largest absolute Gasteiger partial charge is 0.272 e. The Balaban J connectivity index is 1.90. The van der Waals surface area contributed by atoms with Crippen molar-refractivity contribution < 1.29 is 4.79 Å². The van der Waals surface area contributed by atoms with Crippen LogP contribution in [0.3, 0.4) is 0 Å². The number of hydrogen-bond acceptors (Lipinski definition) is 3. The van der Waals surface area contributed by atoms with Crippen molar-refractivity contribution in [2.24, 2.45) is 10.5 Å². The van der Waals surface area contributed by atoms with Crippen LogP contribution in [0.2, 0.25) is 0 Å². The molecule has 16 heavy (non-hydrogen) atoms. The zero-order valence-electron chi connectivity index (χ0n) is 8.54. The van der Waals surface area contributed by atoms with E-state index in [4.69, 9.17) is 0 Å². The van der Waals surface area contributed by atoms with Crippen molar-refractivity contribution in [3.05, 3.63) is 22.4 Å². The van der Waals surface area contributed by atoms with Gasteiger partial charge in [-0.2, -0.15) is 5.10 Å². The van der Waals surface area contributed by atoms with E-state index in [2.05, 4.69) is 42.4 Å². The Morgan fingerprint density at radius 2 is 2.38 bits per heavy atom. The third-order valence-corrected chi connectivity index (χ3v) is 5.78. The van der Waals surface area contributed by atoms with Gasteiger partial charge >= 0.3 is 0 Å². The van der Waals surface area contributed by atoms with Crippen LogP contribution < -0.4 is 5.43 Å². The second-order valence-corrected chi connectivity index (χ2v) is 8.68. The Kier molecular flexibility index (Phi) is 3.25. The monoisotopic (exact) mass is 364 g/mol. The molecule has 2 rings (SSSR count). The van der Waals surface area contributed by atoms with Crippen molar-refractivity contribution in [2.75, 3.05) is 0 Å². The molecule has 1 aliphatic carbocycles. The number of nitrogens with zero attached hydrogens (tertiary/aromatic N) is 1. The molecule has 1 heterocycles. The number of hydrazone groups is 1. The van der Waals surface area contributed by atoms with E-state index in [-0.39, 0.29) is 9.14 Å². The van der Waals surface area contributed by atoms with Crippen LogP contribution in [0, 0.1) is 5.41 Å². The van der Waals surface area contributed by atoms with Gasteiger partial charge in [0.2, 0.25) is 5.91 Å². The molecule has 1 N–H and O–H groups in total. The lowest BCUT2D eigenvalue weighted by Gasteiger charge is -2.09. The zero-order chi connectivity index (χ0) is 11.8. The van der Waals surface area contributed by atoms with Crippen LogP contribution in [-0.4, -0.2) is 15.4 Å². The predicted molar refractivity (Wildman–Crippen MR) is 73.4 cm³/mol. The molecule has 0 aliphatic heterocycles. The third kappa shape index (κ3) is 2.24. The van der Waals surface area contributed by atoms with E-state index in [0.29, 0.717) is 0 Å². The Labute approximate surface area is 115 Å². The van der Waals surface area contributed by atoms with E-state index in [1.165, 1.54) is 0 Å². The quantitative estimate of drug-likeness (QED) is 0.499. The van der Waals surface area contributed by atoms with Crippen molar-refractivity contribution in [1.29, 1.82) is 0 Å². The summed E-state index contributed by atoms with van der Waals surface area (Å²) in [6.07, 6.45) is 2.42. The smallest absolute Gasteiger partial charge is 0.248 e. The minimum absolute atomic E-state index is 0.0749. The van der Waals surface area contributed by atoms with Crippen LogP contribution in [0.25, 0.3) is 0 Å². The van der Waals surface area contributed by atoms with Crippen LogP contribution in [0.1, 0.15) is 18.2 Å². The predicted octanol–water partition coefficient (Wildman–Crippen LogP) is 3.09. The molecule has 0 aromatic carbocycles. The fourth-order valence-corrected chi connectivity index (χ4v) is 3.36. The van der Waals surface area contributed by atoms with Gasteiger partial charge in [-0.15, -0.1) is 11.3 Å². The first-order chi connectivity index (χ1) is 7.46.